The van der Waals surface area contributed by atoms with Crippen molar-refractivity contribution in [1.82, 2.24) is 15.3 Å². The molecule has 5 heteroatoms. The minimum atomic E-state index is -0.138. The average Bonchev–Trinajstić information content (AvgIpc) is 2.74. The smallest absolute Gasteiger partial charge is 0.254 e. The number of nitrogens with zero attached hydrogens (tertiary/aromatic N) is 3. The summed E-state index contributed by atoms with van der Waals surface area (Å²) in [6.45, 7) is 2.28. The van der Waals surface area contributed by atoms with Gasteiger partial charge in [0.25, 0.3) is 5.91 Å². The van der Waals surface area contributed by atoms with E-state index in [4.69, 9.17) is 0 Å². The van der Waals surface area contributed by atoms with Crippen molar-refractivity contribution in [3.05, 3.63) is 89.2 Å². The van der Waals surface area contributed by atoms with Gasteiger partial charge in [-0.2, -0.15) is 0 Å². The average molecular weight is 358 g/mol. The van der Waals surface area contributed by atoms with Gasteiger partial charge < -0.3 is 10.2 Å². The Morgan fingerprint density at radius 2 is 1.67 bits per heavy atom. The number of hydrogen-bond acceptors (Lipinski definition) is 4. The zero-order valence-corrected chi connectivity index (χ0v) is 15.1. The Bertz CT molecular complexity index is 909. The number of anilines is 1. The number of carbonyl (C=O) groups excluding carboxylic acids is 1. The summed E-state index contributed by atoms with van der Waals surface area (Å²) in [5.74, 6) is 0.534. The number of hydrogen-bond donors (Lipinski definition) is 1. The third-order valence-electron chi connectivity index (χ3n) is 4.86. The molecule has 0 spiro atoms. The molecular formula is C22H22N4O. The fourth-order valence-electron chi connectivity index (χ4n) is 3.34. The molecule has 1 amide bonds. The summed E-state index contributed by atoms with van der Waals surface area (Å²) in [6, 6.07) is 18.6. The van der Waals surface area contributed by atoms with Gasteiger partial charge in [0.15, 0.2) is 0 Å². The molecule has 0 aliphatic carbocycles. The van der Waals surface area contributed by atoms with Crippen LogP contribution in [0, 0.1) is 0 Å². The lowest BCUT2D eigenvalue weighted by atomic mass is 10.0. The molecule has 0 unspecified atom stereocenters. The second-order valence-electron chi connectivity index (χ2n) is 6.70. The number of nitrogens with one attached hydrogen (secondary N) is 1. The van der Waals surface area contributed by atoms with Crippen LogP contribution in [0.2, 0.25) is 0 Å². The highest BCUT2D eigenvalue weighted by Crippen LogP contribution is 2.21. The Morgan fingerprint density at radius 3 is 2.44 bits per heavy atom. The molecule has 1 aliphatic rings. The van der Waals surface area contributed by atoms with Gasteiger partial charge in [0.2, 0.25) is 5.95 Å². The van der Waals surface area contributed by atoms with E-state index >= 15 is 0 Å². The summed E-state index contributed by atoms with van der Waals surface area (Å²) in [4.78, 5) is 23.3. The summed E-state index contributed by atoms with van der Waals surface area (Å²) in [7, 11) is 0. The van der Waals surface area contributed by atoms with Crippen molar-refractivity contribution < 1.29 is 4.79 Å². The minimum absolute atomic E-state index is 0.138. The van der Waals surface area contributed by atoms with Gasteiger partial charge >= 0.3 is 0 Å². The van der Waals surface area contributed by atoms with Crippen molar-refractivity contribution in [2.45, 2.75) is 19.4 Å². The van der Waals surface area contributed by atoms with Gasteiger partial charge in [0.05, 0.1) is 5.56 Å². The van der Waals surface area contributed by atoms with Crippen LogP contribution in [0.1, 0.15) is 27.0 Å². The van der Waals surface area contributed by atoms with E-state index < -0.39 is 0 Å². The topological polar surface area (TPSA) is 58.1 Å². The molecule has 0 saturated heterocycles. The van der Waals surface area contributed by atoms with Crippen LogP contribution in [0.3, 0.4) is 0 Å². The Kier molecular flexibility index (Phi) is 5.10. The molecule has 136 valence electrons. The summed E-state index contributed by atoms with van der Waals surface area (Å²) >= 11 is 0. The number of benzene rings is 2. The molecule has 1 aromatic heterocycles. The molecule has 0 fully saturated rings. The molecule has 2 aromatic carbocycles. The quantitative estimate of drug-likeness (QED) is 0.762. The van der Waals surface area contributed by atoms with Crippen LogP contribution in [0.4, 0.5) is 5.95 Å². The Hall–Kier alpha value is -3.21. The second-order valence-corrected chi connectivity index (χ2v) is 6.70. The van der Waals surface area contributed by atoms with E-state index in [1.807, 2.05) is 18.2 Å². The number of fused-ring (bicyclic) bond motifs is 1. The molecule has 4 rings (SSSR count). The molecule has 5 nitrogen and oxygen atoms in total. The standard InChI is InChI=1S/C22H22N4O/c27-21(23-12-10-17-6-2-1-3-7-17)20-14-24-22(25-15-20)26-13-11-18-8-4-5-9-19(18)16-26/h1-9,14-15H,10-13,16H2,(H,23,27). The van der Waals surface area contributed by atoms with E-state index in [-0.39, 0.29) is 5.91 Å². The third-order valence-corrected chi connectivity index (χ3v) is 4.86. The molecule has 0 bridgehead atoms. The number of amides is 1. The van der Waals surface area contributed by atoms with Gasteiger partial charge in [-0.3, -0.25) is 4.79 Å². The highest BCUT2D eigenvalue weighted by molar-refractivity contribution is 5.93. The fourth-order valence-corrected chi connectivity index (χ4v) is 3.34. The van der Waals surface area contributed by atoms with Crippen LogP contribution in [0.15, 0.2) is 67.0 Å². The van der Waals surface area contributed by atoms with Crippen LogP contribution in [-0.4, -0.2) is 29.0 Å². The summed E-state index contributed by atoms with van der Waals surface area (Å²) in [5.41, 5.74) is 4.40. The third kappa shape index (κ3) is 4.14. The zero-order chi connectivity index (χ0) is 18.5. The van der Waals surface area contributed by atoms with E-state index in [0.29, 0.717) is 18.1 Å². The lowest BCUT2D eigenvalue weighted by molar-refractivity contribution is 0.0953. The highest BCUT2D eigenvalue weighted by Gasteiger charge is 2.18. The van der Waals surface area contributed by atoms with Crippen molar-refractivity contribution >= 4 is 11.9 Å². The molecular weight excluding hydrogens is 336 g/mol. The maximum absolute atomic E-state index is 12.3. The van der Waals surface area contributed by atoms with E-state index in [0.717, 1.165) is 25.9 Å². The van der Waals surface area contributed by atoms with Crippen molar-refractivity contribution in [2.75, 3.05) is 18.0 Å². The molecule has 1 aliphatic heterocycles. The number of carbonyl (C=O) groups is 1. The van der Waals surface area contributed by atoms with E-state index in [2.05, 4.69) is 56.6 Å². The van der Waals surface area contributed by atoms with E-state index in [1.54, 1.807) is 12.4 Å². The minimum Gasteiger partial charge on any atom is -0.352 e. The first-order valence-electron chi connectivity index (χ1n) is 9.25. The zero-order valence-electron chi connectivity index (χ0n) is 15.1. The van der Waals surface area contributed by atoms with Crippen LogP contribution < -0.4 is 10.2 Å². The van der Waals surface area contributed by atoms with Crippen LogP contribution in [0.5, 0.6) is 0 Å². The van der Waals surface area contributed by atoms with Crippen LogP contribution >= 0.6 is 0 Å². The summed E-state index contributed by atoms with van der Waals surface area (Å²) in [6.07, 6.45) is 5.02. The van der Waals surface area contributed by atoms with Gasteiger partial charge in [-0.05, 0) is 29.5 Å². The Labute approximate surface area is 159 Å². The highest BCUT2D eigenvalue weighted by atomic mass is 16.1. The van der Waals surface area contributed by atoms with Crippen molar-refractivity contribution in [2.24, 2.45) is 0 Å². The Balaban J connectivity index is 1.34. The molecule has 0 radical (unpaired) electrons. The van der Waals surface area contributed by atoms with E-state index in [9.17, 15) is 4.79 Å². The predicted molar refractivity (Wildman–Crippen MR) is 106 cm³/mol. The SMILES string of the molecule is O=C(NCCc1ccccc1)c1cnc(N2CCc3ccccc3C2)nc1. The molecule has 3 aromatic rings. The van der Waals surface area contributed by atoms with Crippen molar-refractivity contribution in [3.63, 3.8) is 0 Å². The summed E-state index contributed by atoms with van der Waals surface area (Å²) in [5, 5.41) is 2.93. The van der Waals surface area contributed by atoms with Gasteiger partial charge in [-0.1, -0.05) is 54.6 Å². The fraction of sp³-hybridized carbons (Fsp3) is 0.227. The van der Waals surface area contributed by atoms with Gasteiger partial charge in [0.1, 0.15) is 0 Å². The van der Waals surface area contributed by atoms with Crippen LogP contribution in [0.25, 0.3) is 0 Å². The first-order chi connectivity index (χ1) is 13.3. The van der Waals surface area contributed by atoms with Crippen molar-refractivity contribution in [3.8, 4) is 0 Å². The first kappa shape index (κ1) is 17.2. The number of aromatic nitrogens is 2. The monoisotopic (exact) mass is 358 g/mol. The largest absolute Gasteiger partial charge is 0.352 e. The molecule has 0 atom stereocenters. The lowest BCUT2D eigenvalue weighted by Gasteiger charge is -2.28. The first-order valence-corrected chi connectivity index (χ1v) is 9.25. The van der Waals surface area contributed by atoms with Crippen LogP contribution in [-0.2, 0) is 19.4 Å². The summed E-state index contributed by atoms with van der Waals surface area (Å²) < 4.78 is 0. The molecule has 0 saturated carbocycles. The van der Waals surface area contributed by atoms with E-state index in [1.165, 1.54) is 16.7 Å². The second kappa shape index (κ2) is 7.99. The van der Waals surface area contributed by atoms with Gasteiger partial charge in [-0.25, -0.2) is 9.97 Å². The number of rotatable bonds is 5. The molecule has 27 heavy (non-hydrogen) atoms. The normalized spacial score (nSPS) is 13.1. The maximum atomic E-state index is 12.3. The Morgan fingerprint density at radius 1 is 0.963 bits per heavy atom. The molecule has 2 heterocycles. The molecule has 1 N–H and O–H groups in total. The van der Waals surface area contributed by atoms with Crippen molar-refractivity contribution in [1.29, 1.82) is 0 Å². The van der Waals surface area contributed by atoms with Gasteiger partial charge in [0, 0.05) is 32.0 Å². The maximum Gasteiger partial charge on any atom is 0.254 e. The lowest BCUT2D eigenvalue weighted by Crippen LogP contribution is -2.32. The predicted octanol–water partition coefficient (Wildman–Crippen LogP) is 3.01. The van der Waals surface area contributed by atoms with Gasteiger partial charge in [-0.15, -0.1) is 0 Å².